The fourth-order valence-electron chi connectivity index (χ4n) is 3.17. The van der Waals surface area contributed by atoms with Gasteiger partial charge in [0.05, 0.1) is 19.9 Å². The van der Waals surface area contributed by atoms with E-state index in [2.05, 4.69) is 33.3 Å². The third-order valence-corrected chi connectivity index (χ3v) is 5.10. The fraction of sp³-hybridized carbons (Fsp3) is 0.231. The molecule has 0 aliphatic heterocycles. The SMILES string of the molecule is COC(=Cc1c(OC)ncnc1Oc1cccc(C(C)=NOCc2cc(C)ccc2C)c1)C(=O)O. The summed E-state index contributed by atoms with van der Waals surface area (Å²) in [5.74, 6) is -0.874. The molecule has 3 rings (SSSR count). The molecule has 2 aromatic carbocycles. The molecule has 35 heavy (non-hydrogen) atoms. The number of hydrogen-bond acceptors (Lipinski definition) is 8. The van der Waals surface area contributed by atoms with Crippen LogP contribution in [0.5, 0.6) is 17.5 Å². The molecule has 0 unspecified atom stereocenters. The zero-order valence-corrected chi connectivity index (χ0v) is 20.2. The number of carbonyl (C=O) groups is 1. The van der Waals surface area contributed by atoms with E-state index in [1.165, 1.54) is 26.6 Å². The Balaban J connectivity index is 1.82. The first-order valence-electron chi connectivity index (χ1n) is 10.7. The normalized spacial score (nSPS) is 11.7. The van der Waals surface area contributed by atoms with Gasteiger partial charge in [0.2, 0.25) is 17.5 Å². The van der Waals surface area contributed by atoms with Gasteiger partial charge in [-0.1, -0.05) is 41.1 Å². The number of hydrogen-bond donors (Lipinski definition) is 1. The van der Waals surface area contributed by atoms with Crippen molar-refractivity contribution in [3.63, 3.8) is 0 Å². The number of rotatable bonds is 10. The Hall–Kier alpha value is -4.40. The molecule has 0 fully saturated rings. The van der Waals surface area contributed by atoms with E-state index in [1.54, 1.807) is 18.2 Å². The van der Waals surface area contributed by atoms with E-state index in [-0.39, 0.29) is 23.1 Å². The summed E-state index contributed by atoms with van der Waals surface area (Å²) in [6, 6.07) is 13.4. The average molecular weight is 478 g/mol. The van der Waals surface area contributed by atoms with Gasteiger partial charge in [0.1, 0.15) is 24.2 Å². The highest BCUT2D eigenvalue weighted by Crippen LogP contribution is 2.31. The first-order chi connectivity index (χ1) is 16.8. The Morgan fingerprint density at radius 2 is 1.86 bits per heavy atom. The summed E-state index contributed by atoms with van der Waals surface area (Å²) < 4.78 is 16.1. The molecule has 9 nitrogen and oxygen atoms in total. The predicted molar refractivity (Wildman–Crippen MR) is 131 cm³/mol. The highest BCUT2D eigenvalue weighted by Gasteiger charge is 2.17. The van der Waals surface area contributed by atoms with Crippen LogP contribution in [0.4, 0.5) is 0 Å². The van der Waals surface area contributed by atoms with Crippen molar-refractivity contribution >= 4 is 17.8 Å². The van der Waals surface area contributed by atoms with E-state index >= 15 is 0 Å². The first kappa shape index (κ1) is 25.2. The quantitative estimate of drug-likeness (QED) is 0.190. The van der Waals surface area contributed by atoms with Crippen LogP contribution in [-0.4, -0.2) is 41.0 Å². The topological polar surface area (TPSA) is 112 Å². The summed E-state index contributed by atoms with van der Waals surface area (Å²) >= 11 is 0. The number of carboxylic acid groups (broad SMARTS) is 1. The van der Waals surface area contributed by atoms with Gasteiger partial charge < -0.3 is 24.2 Å². The second-order valence-corrected chi connectivity index (χ2v) is 7.63. The van der Waals surface area contributed by atoms with Crippen LogP contribution in [0, 0.1) is 13.8 Å². The zero-order chi connectivity index (χ0) is 25.4. The maximum Gasteiger partial charge on any atom is 0.371 e. The van der Waals surface area contributed by atoms with Gasteiger partial charge in [0.15, 0.2) is 0 Å². The van der Waals surface area contributed by atoms with Gasteiger partial charge in [-0.15, -0.1) is 0 Å². The molecule has 0 saturated carbocycles. The molecule has 0 aliphatic carbocycles. The third-order valence-electron chi connectivity index (χ3n) is 5.10. The molecule has 0 amide bonds. The van der Waals surface area contributed by atoms with Crippen molar-refractivity contribution in [2.24, 2.45) is 5.16 Å². The lowest BCUT2D eigenvalue weighted by molar-refractivity contribution is -0.135. The lowest BCUT2D eigenvalue weighted by Crippen LogP contribution is -2.04. The summed E-state index contributed by atoms with van der Waals surface area (Å²) in [7, 11) is 2.67. The molecule has 0 atom stereocenters. The summed E-state index contributed by atoms with van der Waals surface area (Å²) in [5.41, 5.74) is 5.05. The van der Waals surface area contributed by atoms with Crippen LogP contribution in [0.25, 0.3) is 6.08 Å². The van der Waals surface area contributed by atoms with Crippen LogP contribution in [-0.2, 0) is 21.0 Å². The Bertz CT molecular complexity index is 1270. The molecule has 9 heteroatoms. The molecule has 1 N–H and O–H groups in total. The van der Waals surface area contributed by atoms with Crippen molar-refractivity contribution in [3.05, 3.63) is 82.4 Å². The number of carboxylic acids is 1. The number of oxime groups is 1. The fourth-order valence-corrected chi connectivity index (χ4v) is 3.17. The lowest BCUT2D eigenvalue weighted by Gasteiger charge is -2.12. The molecule has 0 spiro atoms. The van der Waals surface area contributed by atoms with Crippen molar-refractivity contribution < 1.29 is 28.9 Å². The minimum absolute atomic E-state index is 0.102. The van der Waals surface area contributed by atoms with Crippen LogP contribution in [0.2, 0.25) is 0 Å². The van der Waals surface area contributed by atoms with Gasteiger partial charge in [-0.3, -0.25) is 0 Å². The largest absolute Gasteiger partial charge is 0.490 e. The Labute approximate surface area is 203 Å². The Morgan fingerprint density at radius 1 is 1.09 bits per heavy atom. The van der Waals surface area contributed by atoms with Gasteiger partial charge in [-0.25, -0.2) is 14.8 Å². The van der Waals surface area contributed by atoms with Crippen molar-refractivity contribution in [1.82, 2.24) is 9.97 Å². The predicted octanol–water partition coefficient (Wildman–Crippen LogP) is 4.91. The monoisotopic (exact) mass is 477 g/mol. The average Bonchev–Trinajstić information content (AvgIpc) is 2.85. The second kappa shape index (κ2) is 11.6. The molecule has 0 bridgehead atoms. The van der Waals surface area contributed by atoms with Gasteiger partial charge in [0.25, 0.3) is 0 Å². The summed E-state index contributed by atoms with van der Waals surface area (Å²) in [6.07, 6.45) is 2.50. The maximum absolute atomic E-state index is 11.4. The first-order valence-corrected chi connectivity index (χ1v) is 10.7. The van der Waals surface area contributed by atoms with Crippen LogP contribution in [0.1, 0.15) is 34.7 Å². The molecule has 0 radical (unpaired) electrons. The van der Waals surface area contributed by atoms with Gasteiger partial charge in [-0.2, -0.15) is 0 Å². The zero-order valence-electron chi connectivity index (χ0n) is 20.2. The van der Waals surface area contributed by atoms with Crippen molar-refractivity contribution in [3.8, 4) is 17.5 Å². The van der Waals surface area contributed by atoms with E-state index in [4.69, 9.17) is 19.0 Å². The summed E-state index contributed by atoms with van der Waals surface area (Å²) in [5, 5.41) is 13.6. The Morgan fingerprint density at radius 3 is 2.57 bits per heavy atom. The summed E-state index contributed by atoms with van der Waals surface area (Å²) in [4.78, 5) is 25.1. The maximum atomic E-state index is 11.4. The number of aromatic nitrogens is 2. The molecular formula is C26H27N3O6. The highest BCUT2D eigenvalue weighted by atomic mass is 16.6. The van der Waals surface area contributed by atoms with Crippen LogP contribution in [0.3, 0.4) is 0 Å². The molecule has 0 saturated heterocycles. The van der Waals surface area contributed by atoms with E-state index < -0.39 is 5.97 Å². The highest BCUT2D eigenvalue weighted by molar-refractivity contribution is 5.98. The van der Waals surface area contributed by atoms with E-state index in [0.717, 1.165) is 22.3 Å². The van der Waals surface area contributed by atoms with Crippen LogP contribution in [0.15, 0.2) is 59.7 Å². The standard InChI is InChI=1S/C26H27N3O6/c1-16-9-10-17(2)20(11-16)14-34-29-18(3)19-7-6-8-21(12-19)35-25-22(13-23(32-4)26(30)31)24(33-5)27-15-28-25/h6-13,15H,14H2,1-5H3,(H,30,31). The van der Waals surface area contributed by atoms with Crippen LogP contribution >= 0.6 is 0 Å². The van der Waals surface area contributed by atoms with Crippen molar-refractivity contribution in [2.75, 3.05) is 14.2 Å². The van der Waals surface area contributed by atoms with Crippen molar-refractivity contribution in [1.29, 1.82) is 0 Å². The van der Waals surface area contributed by atoms with E-state index in [0.29, 0.717) is 18.1 Å². The molecule has 182 valence electrons. The second-order valence-electron chi connectivity index (χ2n) is 7.63. The van der Waals surface area contributed by atoms with Gasteiger partial charge in [-0.05, 0) is 44.0 Å². The number of ether oxygens (including phenoxy) is 3. The third kappa shape index (κ3) is 6.57. The van der Waals surface area contributed by atoms with Crippen molar-refractivity contribution in [2.45, 2.75) is 27.4 Å². The molecule has 3 aromatic rings. The number of aliphatic carboxylic acids is 1. The molecule has 1 heterocycles. The molecule has 1 aromatic heterocycles. The lowest BCUT2D eigenvalue weighted by atomic mass is 10.1. The molecule has 0 aliphatic rings. The minimum Gasteiger partial charge on any atom is -0.490 e. The number of methoxy groups -OCH3 is 2. The number of aryl methyl sites for hydroxylation is 2. The number of benzene rings is 2. The number of nitrogens with zero attached hydrogens (tertiary/aromatic N) is 3. The smallest absolute Gasteiger partial charge is 0.371 e. The van der Waals surface area contributed by atoms with Gasteiger partial charge in [0, 0.05) is 11.6 Å². The van der Waals surface area contributed by atoms with Crippen LogP contribution < -0.4 is 9.47 Å². The van der Waals surface area contributed by atoms with Gasteiger partial charge >= 0.3 is 5.97 Å². The van der Waals surface area contributed by atoms with E-state index in [1.807, 2.05) is 26.8 Å². The Kier molecular flexibility index (Phi) is 8.39. The minimum atomic E-state index is -1.25. The summed E-state index contributed by atoms with van der Waals surface area (Å²) in [6.45, 7) is 6.27. The molecular weight excluding hydrogens is 450 g/mol. The van der Waals surface area contributed by atoms with E-state index in [9.17, 15) is 9.90 Å².